The summed E-state index contributed by atoms with van der Waals surface area (Å²) in [5, 5.41) is 2.77. The Morgan fingerprint density at radius 3 is 2.50 bits per heavy atom. The summed E-state index contributed by atoms with van der Waals surface area (Å²) in [5.41, 5.74) is 4.65. The Labute approximate surface area is 90.2 Å². The molecule has 0 aromatic heterocycles. The van der Waals surface area contributed by atoms with Crippen molar-refractivity contribution in [1.82, 2.24) is 5.32 Å². The van der Waals surface area contributed by atoms with Crippen LogP contribution in [0.2, 0.25) is 0 Å². The van der Waals surface area contributed by atoms with Crippen molar-refractivity contribution in [3.63, 3.8) is 0 Å². The fourth-order valence-electron chi connectivity index (χ4n) is 0.808. The zero-order valence-corrected chi connectivity index (χ0v) is 9.90. The summed E-state index contributed by atoms with van der Waals surface area (Å²) in [6.07, 6.45) is 0. The van der Waals surface area contributed by atoms with Crippen LogP contribution >= 0.6 is 12.2 Å². The van der Waals surface area contributed by atoms with Gasteiger partial charge in [0.15, 0.2) is 0 Å². The Morgan fingerprint density at radius 2 is 2.14 bits per heavy atom. The number of methoxy groups -OCH3 is 1. The van der Waals surface area contributed by atoms with E-state index in [1.54, 1.807) is 21.0 Å². The number of hydrogen-bond acceptors (Lipinski definition) is 3. The maximum atomic E-state index is 11.7. The molecule has 0 aromatic rings. The predicted molar refractivity (Wildman–Crippen MR) is 60.0 cm³/mol. The summed E-state index contributed by atoms with van der Waals surface area (Å²) in [6, 6.07) is -0.0406. The zero-order valence-electron chi connectivity index (χ0n) is 9.09. The number of carbonyl (C=O) groups is 1. The van der Waals surface area contributed by atoms with Crippen molar-refractivity contribution in [3.8, 4) is 0 Å². The number of rotatable bonds is 5. The molecule has 4 nitrogen and oxygen atoms in total. The number of hydrogen-bond donors (Lipinski definition) is 2. The Bertz CT molecular complexity index is 229. The lowest BCUT2D eigenvalue weighted by atomic mass is 9.92. The van der Waals surface area contributed by atoms with Gasteiger partial charge in [-0.1, -0.05) is 12.2 Å². The first kappa shape index (κ1) is 13.3. The smallest absolute Gasteiger partial charge is 0.232 e. The summed E-state index contributed by atoms with van der Waals surface area (Å²) >= 11 is 4.81. The highest BCUT2D eigenvalue weighted by atomic mass is 32.1. The number of nitrogens with one attached hydrogen (secondary N) is 1. The lowest BCUT2D eigenvalue weighted by Gasteiger charge is -2.24. The predicted octanol–water partition coefficient (Wildman–Crippen LogP) is 0.450. The Balaban J connectivity index is 4.27. The van der Waals surface area contributed by atoms with Gasteiger partial charge in [0, 0.05) is 13.2 Å². The molecular formula is C9H18N2O2S. The number of amides is 1. The minimum atomic E-state index is -0.808. The summed E-state index contributed by atoms with van der Waals surface area (Å²) in [5.74, 6) is -0.172. The Kier molecular flexibility index (Phi) is 5.01. The number of thiocarbonyl (C=S) groups is 1. The van der Waals surface area contributed by atoms with Crippen molar-refractivity contribution in [3.05, 3.63) is 0 Å². The van der Waals surface area contributed by atoms with Gasteiger partial charge in [-0.25, -0.2) is 0 Å². The fourth-order valence-corrected chi connectivity index (χ4v) is 0.900. The topological polar surface area (TPSA) is 64.3 Å². The molecule has 0 bridgehead atoms. The third kappa shape index (κ3) is 3.59. The van der Waals surface area contributed by atoms with E-state index in [1.807, 2.05) is 6.92 Å². The molecule has 0 fully saturated rings. The molecule has 1 atom stereocenters. The second-order valence-electron chi connectivity index (χ2n) is 3.82. The molecular weight excluding hydrogens is 200 g/mol. The maximum Gasteiger partial charge on any atom is 0.232 e. The van der Waals surface area contributed by atoms with Crippen molar-refractivity contribution < 1.29 is 9.53 Å². The van der Waals surface area contributed by atoms with Crippen LogP contribution in [0.3, 0.4) is 0 Å². The van der Waals surface area contributed by atoms with E-state index in [9.17, 15) is 4.79 Å². The van der Waals surface area contributed by atoms with Crippen molar-refractivity contribution in [1.29, 1.82) is 0 Å². The van der Waals surface area contributed by atoms with Gasteiger partial charge in [0.2, 0.25) is 5.91 Å². The Hall–Kier alpha value is -0.680. The molecule has 82 valence electrons. The molecule has 1 amide bonds. The number of ether oxygens (including phenoxy) is 1. The molecule has 0 saturated carbocycles. The van der Waals surface area contributed by atoms with Crippen LogP contribution in [0, 0.1) is 5.41 Å². The molecule has 0 spiro atoms. The van der Waals surface area contributed by atoms with E-state index in [4.69, 9.17) is 22.7 Å². The molecule has 0 radical (unpaired) electrons. The highest BCUT2D eigenvalue weighted by Crippen LogP contribution is 2.15. The first-order valence-corrected chi connectivity index (χ1v) is 4.83. The molecule has 0 rings (SSSR count). The maximum absolute atomic E-state index is 11.7. The second kappa shape index (κ2) is 5.26. The lowest BCUT2D eigenvalue weighted by Crippen LogP contribution is -2.48. The van der Waals surface area contributed by atoms with Crippen molar-refractivity contribution in [2.75, 3.05) is 13.7 Å². The van der Waals surface area contributed by atoms with E-state index < -0.39 is 5.41 Å². The lowest BCUT2D eigenvalue weighted by molar-refractivity contribution is -0.127. The third-order valence-electron chi connectivity index (χ3n) is 1.98. The monoisotopic (exact) mass is 218 g/mol. The van der Waals surface area contributed by atoms with Crippen LogP contribution in [-0.2, 0) is 9.53 Å². The molecule has 3 N–H and O–H groups in total. The van der Waals surface area contributed by atoms with Crippen LogP contribution in [0.1, 0.15) is 20.8 Å². The summed E-state index contributed by atoms with van der Waals surface area (Å²) < 4.78 is 4.90. The van der Waals surface area contributed by atoms with Crippen molar-refractivity contribution in [2.45, 2.75) is 26.8 Å². The van der Waals surface area contributed by atoms with Gasteiger partial charge in [0.05, 0.1) is 17.0 Å². The van der Waals surface area contributed by atoms with Gasteiger partial charge in [-0.15, -0.1) is 0 Å². The van der Waals surface area contributed by atoms with Gasteiger partial charge in [0.25, 0.3) is 0 Å². The van der Waals surface area contributed by atoms with Crippen molar-refractivity contribution >= 4 is 23.1 Å². The fraction of sp³-hybridized carbons (Fsp3) is 0.778. The molecule has 5 heteroatoms. The van der Waals surface area contributed by atoms with E-state index in [-0.39, 0.29) is 16.9 Å². The largest absolute Gasteiger partial charge is 0.392 e. The minimum Gasteiger partial charge on any atom is -0.392 e. The van der Waals surface area contributed by atoms with Crippen molar-refractivity contribution in [2.24, 2.45) is 11.1 Å². The van der Waals surface area contributed by atoms with Crippen LogP contribution in [0.25, 0.3) is 0 Å². The first-order chi connectivity index (χ1) is 6.32. The summed E-state index contributed by atoms with van der Waals surface area (Å²) in [6.45, 7) is 5.73. The standard InChI is InChI=1S/C9H18N2O2S/c1-6(5-13-4)11-8(12)9(2,3)7(10)14/h6H,5H2,1-4H3,(H2,10,14)(H,11,12). The average molecular weight is 218 g/mol. The van der Waals surface area contributed by atoms with Gasteiger partial charge in [-0.2, -0.15) is 0 Å². The quantitative estimate of drug-likeness (QED) is 0.658. The van der Waals surface area contributed by atoms with Crippen LogP contribution in [0.5, 0.6) is 0 Å². The highest BCUT2D eigenvalue weighted by Gasteiger charge is 2.31. The van der Waals surface area contributed by atoms with Gasteiger partial charge in [0.1, 0.15) is 0 Å². The molecule has 0 aliphatic carbocycles. The highest BCUT2D eigenvalue weighted by molar-refractivity contribution is 7.80. The molecule has 0 saturated heterocycles. The molecule has 0 heterocycles. The molecule has 14 heavy (non-hydrogen) atoms. The summed E-state index contributed by atoms with van der Waals surface area (Å²) in [7, 11) is 1.58. The molecule has 1 unspecified atom stereocenters. The Morgan fingerprint density at radius 1 is 1.64 bits per heavy atom. The van der Waals surface area contributed by atoms with E-state index in [1.165, 1.54) is 0 Å². The van der Waals surface area contributed by atoms with E-state index in [0.29, 0.717) is 6.61 Å². The SMILES string of the molecule is COCC(C)NC(=O)C(C)(C)C(N)=S. The van der Waals surface area contributed by atoms with Crippen LogP contribution in [-0.4, -0.2) is 30.7 Å². The normalized spacial score (nSPS) is 13.4. The minimum absolute atomic E-state index is 0.0406. The third-order valence-corrected chi connectivity index (χ3v) is 2.49. The van der Waals surface area contributed by atoms with Crippen LogP contribution in [0.15, 0.2) is 0 Å². The van der Waals surface area contributed by atoms with Gasteiger partial charge >= 0.3 is 0 Å². The summed E-state index contributed by atoms with van der Waals surface area (Å²) in [4.78, 5) is 11.9. The van der Waals surface area contributed by atoms with E-state index in [0.717, 1.165) is 0 Å². The number of carbonyl (C=O) groups excluding carboxylic acids is 1. The second-order valence-corrected chi connectivity index (χ2v) is 4.26. The van der Waals surface area contributed by atoms with Gasteiger partial charge in [-0.3, -0.25) is 4.79 Å². The first-order valence-electron chi connectivity index (χ1n) is 4.42. The van der Waals surface area contributed by atoms with Crippen LogP contribution in [0.4, 0.5) is 0 Å². The molecule has 0 aromatic carbocycles. The average Bonchev–Trinajstić information content (AvgIpc) is 2.03. The van der Waals surface area contributed by atoms with Gasteiger partial charge < -0.3 is 15.8 Å². The molecule has 0 aliphatic heterocycles. The van der Waals surface area contributed by atoms with Crippen LogP contribution < -0.4 is 11.1 Å². The van der Waals surface area contributed by atoms with E-state index >= 15 is 0 Å². The number of nitrogens with two attached hydrogens (primary N) is 1. The van der Waals surface area contributed by atoms with E-state index in [2.05, 4.69) is 5.32 Å². The molecule has 0 aliphatic rings. The van der Waals surface area contributed by atoms with Gasteiger partial charge in [-0.05, 0) is 20.8 Å². The zero-order chi connectivity index (χ0) is 11.4.